The fourth-order valence-corrected chi connectivity index (χ4v) is 4.93. The molecule has 0 saturated heterocycles. The van der Waals surface area contributed by atoms with E-state index in [0.717, 1.165) is 48.9 Å². The number of rotatable bonds is 3. The Bertz CT molecular complexity index is 1040. The Hall–Kier alpha value is -2.55. The van der Waals surface area contributed by atoms with Gasteiger partial charge in [-0.15, -0.1) is 0 Å². The molecule has 2 heterocycles. The van der Waals surface area contributed by atoms with E-state index < -0.39 is 16.1 Å². The third kappa shape index (κ3) is 2.52. The van der Waals surface area contributed by atoms with Gasteiger partial charge in [-0.05, 0) is 54.9 Å². The van der Waals surface area contributed by atoms with Gasteiger partial charge in [-0.2, -0.15) is 5.10 Å². The molecule has 0 saturated carbocycles. The van der Waals surface area contributed by atoms with Gasteiger partial charge in [0.1, 0.15) is 0 Å². The standard InChI is InChI=1S/C18H20N4O4S/c1-10-6-7-26-17-15(9-19-22(10)17)27(24,25)21-18(23)20-16-13-4-2-11(13)8-12-3-5-14(12)16/h8-10H,2-7H2,1H3,(H2,20,21,23). The van der Waals surface area contributed by atoms with Crippen LogP contribution in [0.5, 0.6) is 5.88 Å². The number of carbonyl (C=O) groups excluding carboxylic acids is 1. The lowest BCUT2D eigenvalue weighted by Crippen LogP contribution is -2.36. The molecule has 5 rings (SSSR count). The highest BCUT2D eigenvalue weighted by molar-refractivity contribution is 7.90. The molecule has 1 atom stereocenters. The molecule has 2 aliphatic carbocycles. The van der Waals surface area contributed by atoms with Crippen molar-refractivity contribution in [3.8, 4) is 5.88 Å². The van der Waals surface area contributed by atoms with Crippen LogP contribution in [0.25, 0.3) is 0 Å². The van der Waals surface area contributed by atoms with E-state index in [-0.39, 0.29) is 16.8 Å². The number of aryl methyl sites for hydroxylation is 2. The first-order valence-corrected chi connectivity index (χ1v) is 10.6. The van der Waals surface area contributed by atoms with Crippen LogP contribution < -0.4 is 14.8 Å². The van der Waals surface area contributed by atoms with Gasteiger partial charge in [0.05, 0.1) is 18.8 Å². The molecule has 142 valence electrons. The number of benzene rings is 1. The quantitative estimate of drug-likeness (QED) is 0.837. The number of fused-ring (bicyclic) bond motifs is 3. The Morgan fingerprint density at radius 2 is 1.93 bits per heavy atom. The summed E-state index contributed by atoms with van der Waals surface area (Å²) >= 11 is 0. The molecule has 0 radical (unpaired) electrons. The molecule has 2 N–H and O–H groups in total. The van der Waals surface area contributed by atoms with E-state index in [4.69, 9.17) is 4.74 Å². The monoisotopic (exact) mass is 388 g/mol. The Labute approximate surface area is 156 Å². The van der Waals surface area contributed by atoms with Gasteiger partial charge < -0.3 is 10.1 Å². The highest BCUT2D eigenvalue weighted by atomic mass is 32.2. The van der Waals surface area contributed by atoms with Crippen molar-refractivity contribution in [2.45, 2.75) is 50.0 Å². The van der Waals surface area contributed by atoms with Gasteiger partial charge in [-0.3, -0.25) is 0 Å². The summed E-state index contributed by atoms with van der Waals surface area (Å²) in [5.41, 5.74) is 5.54. The average molecular weight is 388 g/mol. The zero-order valence-electron chi connectivity index (χ0n) is 14.9. The molecule has 1 unspecified atom stereocenters. The second-order valence-electron chi connectivity index (χ2n) is 7.33. The first-order valence-electron chi connectivity index (χ1n) is 9.14. The van der Waals surface area contributed by atoms with Crippen molar-refractivity contribution in [3.05, 3.63) is 34.5 Å². The van der Waals surface area contributed by atoms with Crippen LogP contribution in [0.2, 0.25) is 0 Å². The van der Waals surface area contributed by atoms with Crippen molar-refractivity contribution in [1.82, 2.24) is 14.5 Å². The predicted molar refractivity (Wildman–Crippen MR) is 97.6 cm³/mol. The van der Waals surface area contributed by atoms with Crippen LogP contribution in [-0.4, -0.2) is 30.8 Å². The second-order valence-corrected chi connectivity index (χ2v) is 8.98. The summed E-state index contributed by atoms with van der Waals surface area (Å²) < 4.78 is 34.5. The zero-order valence-corrected chi connectivity index (χ0v) is 15.7. The van der Waals surface area contributed by atoms with Gasteiger partial charge in [0.25, 0.3) is 10.0 Å². The third-order valence-corrected chi connectivity index (χ3v) is 6.99. The van der Waals surface area contributed by atoms with Crippen molar-refractivity contribution in [2.75, 3.05) is 11.9 Å². The second kappa shape index (κ2) is 5.72. The molecular weight excluding hydrogens is 368 g/mol. The maximum Gasteiger partial charge on any atom is 0.333 e. The molecular formula is C18H20N4O4S. The SMILES string of the molecule is CC1CCOc2c(S(=O)(=O)NC(=O)Nc3c4c(cc5c3CC5)CC4)cnn21. The normalized spacial score (nSPS) is 19.5. The molecule has 9 heteroatoms. The first-order chi connectivity index (χ1) is 12.9. The maximum absolute atomic E-state index is 12.7. The van der Waals surface area contributed by atoms with Gasteiger partial charge in [0, 0.05) is 12.1 Å². The van der Waals surface area contributed by atoms with Crippen molar-refractivity contribution < 1.29 is 17.9 Å². The van der Waals surface area contributed by atoms with Gasteiger partial charge >= 0.3 is 6.03 Å². The molecule has 1 aromatic carbocycles. The summed E-state index contributed by atoms with van der Waals surface area (Å²) in [7, 11) is -4.08. The minimum atomic E-state index is -4.08. The van der Waals surface area contributed by atoms with Crippen LogP contribution in [0.3, 0.4) is 0 Å². The molecule has 0 bridgehead atoms. The number of hydrogen-bond acceptors (Lipinski definition) is 5. The van der Waals surface area contributed by atoms with Crippen molar-refractivity contribution in [2.24, 2.45) is 0 Å². The van der Waals surface area contributed by atoms with Gasteiger partial charge in [0.2, 0.25) is 5.88 Å². The molecule has 0 spiro atoms. The fraction of sp³-hybridized carbons (Fsp3) is 0.444. The van der Waals surface area contributed by atoms with Crippen LogP contribution in [0.4, 0.5) is 10.5 Å². The third-order valence-electron chi connectivity index (χ3n) is 5.68. The molecule has 3 aliphatic rings. The van der Waals surface area contributed by atoms with Crippen LogP contribution in [0.1, 0.15) is 41.6 Å². The summed E-state index contributed by atoms with van der Waals surface area (Å²) in [5, 5.41) is 6.88. The Balaban J connectivity index is 1.39. The van der Waals surface area contributed by atoms with Crippen LogP contribution in [-0.2, 0) is 35.7 Å². The lowest BCUT2D eigenvalue weighted by Gasteiger charge is -2.32. The number of sulfonamides is 1. The molecule has 27 heavy (non-hydrogen) atoms. The van der Waals surface area contributed by atoms with E-state index >= 15 is 0 Å². The molecule has 2 amide bonds. The van der Waals surface area contributed by atoms with E-state index in [2.05, 4.69) is 21.2 Å². The van der Waals surface area contributed by atoms with Gasteiger partial charge in [0.15, 0.2) is 4.90 Å². The van der Waals surface area contributed by atoms with E-state index in [1.54, 1.807) is 4.68 Å². The highest BCUT2D eigenvalue weighted by Crippen LogP contribution is 2.40. The number of aromatic nitrogens is 2. The fourth-order valence-electron chi connectivity index (χ4n) is 3.96. The van der Waals surface area contributed by atoms with Gasteiger partial charge in [-0.25, -0.2) is 22.6 Å². The highest BCUT2D eigenvalue weighted by Gasteiger charge is 2.32. The van der Waals surface area contributed by atoms with Crippen molar-refractivity contribution in [1.29, 1.82) is 0 Å². The lowest BCUT2D eigenvalue weighted by molar-refractivity contribution is 0.196. The molecule has 2 aromatic rings. The minimum Gasteiger partial charge on any atom is -0.477 e. The number of carbonyl (C=O) groups is 1. The van der Waals surface area contributed by atoms with Crippen LogP contribution in [0, 0.1) is 0 Å². The topological polar surface area (TPSA) is 102 Å². The van der Waals surface area contributed by atoms with Crippen molar-refractivity contribution in [3.63, 3.8) is 0 Å². The Morgan fingerprint density at radius 3 is 2.56 bits per heavy atom. The number of nitrogens with zero attached hydrogens (tertiary/aromatic N) is 2. The minimum absolute atomic E-state index is 0.0496. The van der Waals surface area contributed by atoms with Crippen molar-refractivity contribution >= 4 is 21.7 Å². The number of ether oxygens (including phenoxy) is 1. The number of nitrogens with one attached hydrogen (secondary N) is 2. The van der Waals surface area contributed by atoms with E-state index in [0.29, 0.717) is 6.61 Å². The van der Waals surface area contributed by atoms with Gasteiger partial charge in [-0.1, -0.05) is 6.07 Å². The summed E-state index contributed by atoms with van der Waals surface area (Å²) in [6, 6.07) is 1.50. The molecule has 1 aromatic heterocycles. The maximum atomic E-state index is 12.7. The molecule has 1 aliphatic heterocycles. The van der Waals surface area contributed by atoms with E-state index in [1.807, 2.05) is 6.92 Å². The summed E-state index contributed by atoms with van der Waals surface area (Å²) in [6.45, 7) is 2.37. The number of hydrogen-bond donors (Lipinski definition) is 2. The van der Waals surface area contributed by atoms with E-state index in [1.165, 1.54) is 17.3 Å². The number of urea groups is 1. The first kappa shape index (κ1) is 16.6. The number of amides is 2. The lowest BCUT2D eigenvalue weighted by atomic mass is 9.76. The molecule has 0 fully saturated rings. The smallest absolute Gasteiger partial charge is 0.333 e. The summed E-state index contributed by atoms with van der Waals surface area (Å²) in [6.07, 6.45) is 5.83. The largest absolute Gasteiger partial charge is 0.477 e. The number of anilines is 1. The summed E-state index contributed by atoms with van der Waals surface area (Å²) in [4.78, 5) is 12.3. The van der Waals surface area contributed by atoms with Crippen LogP contribution in [0.15, 0.2) is 17.2 Å². The van der Waals surface area contributed by atoms with Crippen LogP contribution >= 0.6 is 0 Å². The zero-order chi connectivity index (χ0) is 18.8. The predicted octanol–water partition coefficient (Wildman–Crippen LogP) is 1.93. The molecule has 8 nitrogen and oxygen atoms in total. The van der Waals surface area contributed by atoms with E-state index in [9.17, 15) is 13.2 Å². The Kier molecular flexibility index (Phi) is 3.52. The Morgan fingerprint density at radius 1 is 1.22 bits per heavy atom. The summed E-state index contributed by atoms with van der Waals surface area (Å²) in [5.74, 6) is 0.182. The average Bonchev–Trinajstić information content (AvgIpc) is 2.97.